The summed E-state index contributed by atoms with van der Waals surface area (Å²) in [4.78, 5) is 29.3. The fraction of sp³-hybridized carbons (Fsp3) is 0.233. The lowest BCUT2D eigenvalue weighted by Crippen LogP contribution is -2.43. The predicted octanol–water partition coefficient (Wildman–Crippen LogP) is 4.99. The number of para-hydroxylation sites is 2. The number of thioether (sulfide) groups is 1. The molecule has 2 heterocycles. The number of rotatable bonds is 7. The lowest BCUT2D eigenvalue weighted by molar-refractivity contribution is -0.139. The van der Waals surface area contributed by atoms with Crippen LogP contribution in [0.2, 0.25) is 0 Å². The Labute approximate surface area is 226 Å². The Hall–Kier alpha value is -4.04. The van der Waals surface area contributed by atoms with Gasteiger partial charge in [-0.2, -0.15) is 5.10 Å². The lowest BCUT2D eigenvalue weighted by Gasteiger charge is -2.30. The number of benzene rings is 3. The molecule has 8 heteroatoms. The van der Waals surface area contributed by atoms with Crippen molar-refractivity contribution in [2.75, 3.05) is 12.9 Å². The minimum Gasteiger partial charge on any atom is -0.496 e. The molecule has 3 aromatic carbocycles. The van der Waals surface area contributed by atoms with E-state index >= 15 is 0 Å². The summed E-state index contributed by atoms with van der Waals surface area (Å²) in [7, 11) is 1.61. The van der Waals surface area contributed by atoms with Gasteiger partial charge in [0.1, 0.15) is 16.8 Å². The molecule has 0 saturated heterocycles. The largest absolute Gasteiger partial charge is 0.496 e. The Morgan fingerprint density at radius 3 is 2.47 bits per heavy atom. The molecular formula is C30H30N4O3S. The molecule has 5 rings (SSSR count). The van der Waals surface area contributed by atoms with Crippen molar-refractivity contribution in [2.45, 2.75) is 38.0 Å². The predicted molar refractivity (Wildman–Crippen MR) is 148 cm³/mol. The zero-order valence-corrected chi connectivity index (χ0v) is 22.5. The van der Waals surface area contributed by atoms with E-state index in [4.69, 9.17) is 9.84 Å². The maximum atomic E-state index is 14.0. The van der Waals surface area contributed by atoms with Gasteiger partial charge in [-0.15, -0.1) is 0 Å². The number of ether oxygens (including phenoxy) is 1. The molecule has 38 heavy (non-hydrogen) atoms. The maximum absolute atomic E-state index is 14.0. The number of carbonyl (C=O) groups is 2. The summed E-state index contributed by atoms with van der Waals surface area (Å²) < 4.78 is 7.31. The minimum atomic E-state index is -0.832. The van der Waals surface area contributed by atoms with Crippen molar-refractivity contribution in [3.8, 4) is 11.4 Å². The number of amides is 2. The van der Waals surface area contributed by atoms with E-state index in [9.17, 15) is 9.59 Å². The van der Waals surface area contributed by atoms with Gasteiger partial charge in [-0.3, -0.25) is 9.59 Å². The van der Waals surface area contributed by atoms with Gasteiger partial charge < -0.3 is 15.0 Å². The van der Waals surface area contributed by atoms with Crippen LogP contribution in [0.5, 0.6) is 5.75 Å². The van der Waals surface area contributed by atoms with Crippen molar-refractivity contribution in [1.29, 1.82) is 0 Å². The Balaban J connectivity index is 1.56. The van der Waals surface area contributed by atoms with Gasteiger partial charge in [0.15, 0.2) is 0 Å². The summed E-state index contributed by atoms with van der Waals surface area (Å²) in [5.74, 6) is 0.567. The SMILES string of the molecule is COc1ccccc1CNC(=O)[C@@H]1c2c(C)nn(-c3ccccc3)c2SCC(=O)N1Cc1ccc(C)cc1. The fourth-order valence-electron chi connectivity index (χ4n) is 4.70. The van der Waals surface area contributed by atoms with E-state index in [2.05, 4.69) is 5.32 Å². The third kappa shape index (κ3) is 5.17. The summed E-state index contributed by atoms with van der Waals surface area (Å²) in [5, 5.41) is 8.70. The van der Waals surface area contributed by atoms with E-state index < -0.39 is 6.04 Å². The van der Waals surface area contributed by atoms with E-state index in [-0.39, 0.29) is 24.1 Å². The summed E-state index contributed by atoms with van der Waals surface area (Å²) in [6, 6.07) is 24.6. The van der Waals surface area contributed by atoms with E-state index in [0.717, 1.165) is 38.7 Å². The monoisotopic (exact) mass is 526 g/mol. The second-order valence-electron chi connectivity index (χ2n) is 9.28. The molecule has 1 aromatic heterocycles. The molecule has 7 nitrogen and oxygen atoms in total. The highest BCUT2D eigenvalue weighted by Gasteiger charge is 2.39. The van der Waals surface area contributed by atoms with E-state index in [0.29, 0.717) is 12.3 Å². The smallest absolute Gasteiger partial charge is 0.247 e. The van der Waals surface area contributed by atoms with Crippen LogP contribution in [0.15, 0.2) is 83.9 Å². The van der Waals surface area contributed by atoms with Crippen molar-refractivity contribution in [3.63, 3.8) is 0 Å². The molecule has 0 aliphatic carbocycles. The molecule has 1 atom stereocenters. The first-order chi connectivity index (χ1) is 18.5. The number of nitrogens with one attached hydrogen (secondary N) is 1. The zero-order valence-electron chi connectivity index (χ0n) is 21.7. The normalized spacial score (nSPS) is 15.1. The number of hydrogen-bond donors (Lipinski definition) is 1. The standard InChI is InChI=1S/C30H30N4O3S/c1-20-13-15-22(16-14-20)18-33-26(35)19-38-30-27(21(2)32-34(30)24-10-5-4-6-11-24)28(33)29(36)31-17-23-9-7-8-12-25(23)37-3/h4-16,28H,17-19H2,1-3H3,(H,31,36)/t28-/m0/s1. The van der Waals surface area contributed by atoms with Crippen LogP contribution >= 0.6 is 11.8 Å². The lowest BCUT2D eigenvalue weighted by atomic mass is 10.0. The Kier molecular flexibility index (Phi) is 7.51. The van der Waals surface area contributed by atoms with Gasteiger partial charge in [-0.05, 0) is 37.6 Å². The molecule has 1 aliphatic rings. The second kappa shape index (κ2) is 11.1. The number of aromatic nitrogens is 2. The highest BCUT2D eigenvalue weighted by atomic mass is 32.2. The van der Waals surface area contributed by atoms with Crippen molar-refractivity contribution in [2.24, 2.45) is 0 Å². The molecule has 0 saturated carbocycles. The van der Waals surface area contributed by atoms with Crippen LogP contribution in [0.25, 0.3) is 5.69 Å². The first-order valence-corrected chi connectivity index (χ1v) is 13.5. The van der Waals surface area contributed by atoms with Gasteiger partial charge in [0.25, 0.3) is 0 Å². The third-order valence-corrected chi connectivity index (χ3v) is 7.73. The van der Waals surface area contributed by atoms with Crippen LogP contribution in [0.4, 0.5) is 0 Å². The van der Waals surface area contributed by atoms with E-state index in [1.165, 1.54) is 11.8 Å². The van der Waals surface area contributed by atoms with Gasteiger partial charge in [-0.1, -0.05) is 78.0 Å². The number of hydrogen-bond acceptors (Lipinski definition) is 5. The maximum Gasteiger partial charge on any atom is 0.247 e. The van der Waals surface area contributed by atoms with Crippen LogP contribution in [0.1, 0.15) is 34.0 Å². The first-order valence-electron chi connectivity index (χ1n) is 12.5. The highest BCUT2D eigenvalue weighted by molar-refractivity contribution is 8.00. The molecule has 0 spiro atoms. The number of carbonyl (C=O) groups excluding carboxylic acids is 2. The van der Waals surface area contributed by atoms with Crippen LogP contribution in [0, 0.1) is 13.8 Å². The Morgan fingerprint density at radius 2 is 1.74 bits per heavy atom. The van der Waals surface area contributed by atoms with Crippen LogP contribution < -0.4 is 10.1 Å². The number of methoxy groups -OCH3 is 1. The quantitative estimate of drug-likeness (QED) is 0.367. The van der Waals surface area contributed by atoms with Crippen LogP contribution in [0.3, 0.4) is 0 Å². The molecule has 0 radical (unpaired) electrons. The van der Waals surface area contributed by atoms with Crippen LogP contribution in [-0.4, -0.2) is 39.4 Å². The first kappa shape index (κ1) is 25.6. The van der Waals surface area contributed by atoms with Crippen LogP contribution in [-0.2, 0) is 22.7 Å². The highest BCUT2D eigenvalue weighted by Crippen LogP contribution is 2.39. The average Bonchev–Trinajstić information content (AvgIpc) is 3.19. The molecule has 194 valence electrons. The van der Waals surface area contributed by atoms with Gasteiger partial charge in [0.2, 0.25) is 11.8 Å². The van der Waals surface area contributed by atoms with Gasteiger partial charge in [0, 0.05) is 24.2 Å². The van der Waals surface area contributed by atoms with E-state index in [1.54, 1.807) is 12.0 Å². The zero-order chi connectivity index (χ0) is 26.6. The molecule has 0 fully saturated rings. The summed E-state index contributed by atoms with van der Waals surface area (Å²) in [5.41, 5.74) is 5.33. The van der Waals surface area contributed by atoms with Crippen molar-refractivity contribution < 1.29 is 14.3 Å². The average molecular weight is 527 g/mol. The molecule has 2 amide bonds. The van der Waals surface area contributed by atoms with Gasteiger partial charge in [0.05, 0.1) is 24.2 Å². The van der Waals surface area contributed by atoms with Crippen molar-refractivity contribution >= 4 is 23.6 Å². The number of fused-ring (bicyclic) bond motifs is 1. The molecule has 1 N–H and O–H groups in total. The van der Waals surface area contributed by atoms with Gasteiger partial charge in [-0.25, -0.2) is 4.68 Å². The minimum absolute atomic E-state index is 0.0942. The van der Waals surface area contributed by atoms with Gasteiger partial charge >= 0.3 is 0 Å². The number of aryl methyl sites for hydroxylation is 2. The topological polar surface area (TPSA) is 76.5 Å². The molecule has 0 unspecified atom stereocenters. The van der Waals surface area contributed by atoms with Crippen molar-refractivity contribution in [1.82, 2.24) is 20.0 Å². The third-order valence-electron chi connectivity index (χ3n) is 6.67. The molecule has 4 aromatic rings. The van der Waals surface area contributed by atoms with E-state index in [1.807, 2.05) is 97.4 Å². The molecular weight excluding hydrogens is 496 g/mol. The number of nitrogens with zero attached hydrogens (tertiary/aromatic N) is 3. The second-order valence-corrected chi connectivity index (χ2v) is 10.2. The fourth-order valence-corrected chi connectivity index (χ4v) is 5.81. The Bertz CT molecular complexity index is 1450. The van der Waals surface area contributed by atoms with Crippen molar-refractivity contribution in [3.05, 3.63) is 107 Å². The summed E-state index contributed by atoms with van der Waals surface area (Å²) >= 11 is 1.43. The summed E-state index contributed by atoms with van der Waals surface area (Å²) in [6.07, 6.45) is 0. The molecule has 1 aliphatic heterocycles. The Morgan fingerprint density at radius 1 is 1.03 bits per heavy atom. The summed E-state index contributed by atoms with van der Waals surface area (Å²) in [6.45, 7) is 4.53. The molecule has 0 bridgehead atoms.